The predicted molar refractivity (Wildman–Crippen MR) is 74.8 cm³/mol. The number of sulfonamides is 1. The van der Waals surface area contributed by atoms with E-state index in [9.17, 15) is 18.3 Å². The molecule has 0 aromatic carbocycles. The Morgan fingerprint density at radius 2 is 2.14 bits per heavy atom. The molecule has 1 rings (SSSR count). The summed E-state index contributed by atoms with van der Waals surface area (Å²) in [6.07, 6.45) is 2.86. The summed E-state index contributed by atoms with van der Waals surface area (Å²) < 4.78 is 25.8. The molecule has 0 saturated heterocycles. The van der Waals surface area contributed by atoms with E-state index in [0.29, 0.717) is 6.42 Å². The van der Waals surface area contributed by atoms with Gasteiger partial charge >= 0.3 is 5.97 Å². The summed E-state index contributed by atoms with van der Waals surface area (Å²) in [7, 11) is -2.81. The Kier molecular flexibility index (Phi) is 5.41. The summed E-state index contributed by atoms with van der Waals surface area (Å²) in [5.41, 5.74) is 0.0971. The average molecular weight is 311 g/mol. The van der Waals surface area contributed by atoms with Gasteiger partial charge in [0, 0.05) is 19.4 Å². The van der Waals surface area contributed by atoms with Gasteiger partial charge in [0.2, 0.25) is 10.0 Å². The molecular weight excluding hydrogens is 294 g/mol. The van der Waals surface area contributed by atoms with Crippen LogP contribution in [0.4, 0.5) is 0 Å². The number of pyridine rings is 1. The van der Waals surface area contributed by atoms with Crippen LogP contribution in [-0.2, 0) is 14.8 Å². The fraction of sp³-hybridized carbons (Fsp3) is 0.462. The van der Waals surface area contributed by atoms with E-state index in [0.717, 1.165) is 10.5 Å². The van der Waals surface area contributed by atoms with Gasteiger partial charge in [-0.05, 0) is 12.0 Å². The molecule has 114 valence electrons. The van der Waals surface area contributed by atoms with E-state index in [-0.39, 0.29) is 16.4 Å². The van der Waals surface area contributed by atoms with Crippen LogP contribution in [0.2, 0.25) is 0 Å². The van der Waals surface area contributed by atoms with Gasteiger partial charge in [-0.1, -0.05) is 20.3 Å². The monoisotopic (exact) mass is 311 g/mol. The number of carboxylic acids is 1. The fourth-order valence-electron chi connectivity index (χ4n) is 1.92. The van der Waals surface area contributed by atoms with E-state index in [1.165, 1.54) is 19.3 Å². The highest BCUT2D eigenvalue weighted by molar-refractivity contribution is 7.89. The van der Waals surface area contributed by atoms with E-state index < -0.39 is 22.0 Å². The molecule has 0 aliphatic heterocycles. The Morgan fingerprint density at radius 3 is 2.62 bits per heavy atom. The molecule has 1 aromatic heterocycles. The molecule has 0 aliphatic rings. The highest BCUT2D eigenvalue weighted by Crippen LogP contribution is 2.22. The number of nitrogens with zero attached hydrogens (tertiary/aromatic N) is 3. The quantitative estimate of drug-likeness (QED) is 0.841. The number of nitriles is 1. The molecule has 2 unspecified atom stereocenters. The van der Waals surface area contributed by atoms with Crippen molar-refractivity contribution in [2.45, 2.75) is 31.2 Å². The minimum absolute atomic E-state index is 0.0971. The lowest BCUT2D eigenvalue weighted by molar-refractivity contribution is -0.142. The molecule has 21 heavy (non-hydrogen) atoms. The third kappa shape index (κ3) is 3.56. The second-order valence-corrected chi connectivity index (χ2v) is 6.71. The number of hydrogen-bond donors (Lipinski definition) is 1. The number of aromatic nitrogens is 1. The van der Waals surface area contributed by atoms with Crippen LogP contribution in [0.3, 0.4) is 0 Å². The molecule has 0 spiro atoms. The summed E-state index contributed by atoms with van der Waals surface area (Å²) in [6.45, 7) is 3.47. The number of aliphatic carboxylic acids is 1. The second kappa shape index (κ2) is 6.65. The van der Waals surface area contributed by atoms with Crippen LogP contribution in [0, 0.1) is 17.2 Å². The highest BCUT2D eigenvalue weighted by Gasteiger charge is 2.36. The minimum atomic E-state index is -4.03. The summed E-state index contributed by atoms with van der Waals surface area (Å²) in [5.74, 6) is -1.56. The third-order valence-electron chi connectivity index (χ3n) is 3.35. The van der Waals surface area contributed by atoms with Crippen molar-refractivity contribution in [2.75, 3.05) is 7.05 Å². The van der Waals surface area contributed by atoms with E-state index in [1.54, 1.807) is 19.9 Å². The molecule has 0 fully saturated rings. The van der Waals surface area contributed by atoms with Gasteiger partial charge in [-0.3, -0.25) is 9.78 Å². The summed E-state index contributed by atoms with van der Waals surface area (Å²) in [5, 5.41) is 18.1. The van der Waals surface area contributed by atoms with E-state index >= 15 is 0 Å². The molecule has 0 saturated carbocycles. The summed E-state index contributed by atoms with van der Waals surface area (Å²) in [6, 6.07) is 1.80. The van der Waals surface area contributed by atoms with Crippen LogP contribution in [0.5, 0.6) is 0 Å². The lowest BCUT2D eigenvalue weighted by Gasteiger charge is -2.28. The fourth-order valence-corrected chi connectivity index (χ4v) is 3.32. The largest absolute Gasteiger partial charge is 0.480 e. The van der Waals surface area contributed by atoms with E-state index in [2.05, 4.69) is 4.98 Å². The second-order valence-electron chi connectivity index (χ2n) is 4.71. The third-order valence-corrected chi connectivity index (χ3v) is 5.15. The van der Waals surface area contributed by atoms with Crippen LogP contribution < -0.4 is 0 Å². The van der Waals surface area contributed by atoms with Gasteiger partial charge in [-0.2, -0.15) is 9.57 Å². The zero-order valence-corrected chi connectivity index (χ0v) is 12.8. The SMILES string of the molecule is CCC(C)C(C(=O)O)N(C)S(=O)(=O)c1cncc(C#N)c1. The van der Waals surface area contributed by atoms with Crippen LogP contribution in [0.25, 0.3) is 0 Å². The molecule has 0 amide bonds. The van der Waals surface area contributed by atoms with Gasteiger partial charge in [-0.25, -0.2) is 8.42 Å². The number of hydrogen-bond acceptors (Lipinski definition) is 5. The van der Waals surface area contributed by atoms with Crippen molar-refractivity contribution in [2.24, 2.45) is 5.92 Å². The standard InChI is InChI=1S/C13H17N3O4S/c1-4-9(2)12(13(17)18)16(3)21(19,20)11-5-10(6-14)7-15-8-11/h5,7-9,12H,4H2,1-3H3,(H,17,18). The lowest BCUT2D eigenvalue weighted by Crippen LogP contribution is -2.46. The zero-order valence-electron chi connectivity index (χ0n) is 12.0. The van der Waals surface area contributed by atoms with Crippen LogP contribution in [0.15, 0.2) is 23.4 Å². The summed E-state index contributed by atoms with van der Waals surface area (Å²) in [4.78, 5) is 14.9. The normalized spacial score (nSPS) is 14.4. The topological polar surface area (TPSA) is 111 Å². The predicted octanol–water partition coefficient (Wildman–Crippen LogP) is 1.07. The summed E-state index contributed by atoms with van der Waals surface area (Å²) >= 11 is 0. The molecule has 8 heteroatoms. The Balaban J connectivity index is 3.27. The first-order valence-electron chi connectivity index (χ1n) is 6.31. The van der Waals surface area contributed by atoms with Gasteiger partial charge in [-0.15, -0.1) is 0 Å². The molecule has 2 atom stereocenters. The van der Waals surface area contributed by atoms with Crippen molar-refractivity contribution >= 4 is 16.0 Å². The molecule has 0 bridgehead atoms. The molecule has 1 N–H and O–H groups in total. The number of carbonyl (C=O) groups is 1. The molecule has 0 radical (unpaired) electrons. The molecule has 0 aliphatic carbocycles. The molecule has 1 heterocycles. The van der Waals surface area contributed by atoms with Crippen molar-refractivity contribution in [1.29, 1.82) is 5.26 Å². The van der Waals surface area contributed by atoms with E-state index in [4.69, 9.17) is 5.26 Å². The Labute approximate surface area is 123 Å². The average Bonchev–Trinajstić information content (AvgIpc) is 2.46. The van der Waals surface area contributed by atoms with Crippen molar-refractivity contribution in [3.63, 3.8) is 0 Å². The van der Waals surface area contributed by atoms with Gasteiger partial charge in [0.1, 0.15) is 17.0 Å². The Morgan fingerprint density at radius 1 is 1.52 bits per heavy atom. The van der Waals surface area contributed by atoms with Gasteiger partial charge in [0.25, 0.3) is 0 Å². The number of likely N-dealkylation sites (N-methyl/N-ethyl adjacent to an activating group) is 1. The number of carboxylic acid groups (broad SMARTS) is 1. The Hall–Kier alpha value is -1.98. The van der Waals surface area contributed by atoms with Crippen molar-refractivity contribution in [3.8, 4) is 6.07 Å². The maximum Gasteiger partial charge on any atom is 0.322 e. The highest BCUT2D eigenvalue weighted by atomic mass is 32.2. The maximum absolute atomic E-state index is 12.5. The molecule has 7 nitrogen and oxygen atoms in total. The lowest BCUT2D eigenvalue weighted by atomic mass is 10.00. The first kappa shape index (κ1) is 17.1. The van der Waals surface area contributed by atoms with Crippen molar-refractivity contribution < 1.29 is 18.3 Å². The first-order chi connectivity index (χ1) is 9.75. The minimum Gasteiger partial charge on any atom is -0.480 e. The van der Waals surface area contributed by atoms with Gasteiger partial charge in [0.15, 0.2) is 0 Å². The molecular formula is C13H17N3O4S. The smallest absolute Gasteiger partial charge is 0.322 e. The molecule has 1 aromatic rings. The van der Waals surface area contributed by atoms with E-state index in [1.807, 2.05) is 0 Å². The van der Waals surface area contributed by atoms with Crippen molar-refractivity contribution in [1.82, 2.24) is 9.29 Å². The van der Waals surface area contributed by atoms with Crippen LogP contribution in [0.1, 0.15) is 25.8 Å². The van der Waals surface area contributed by atoms with Crippen LogP contribution >= 0.6 is 0 Å². The maximum atomic E-state index is 12.5. The van der Waals surface area contributed by atoms with Gasteiger partial charge in [0.05, 0.1) is 5.56 Å². The Bertz CT molecular complexity index is 666. The van der Waals surface area contributed by atoms with Gasteiger partial charge < -0.3 is 5.11 Å². The first-order valence-corrected chi connectivity index (χ1v) is 7.75. The number of rotatable bonds is 6. The van der Waals surface area contributed by atoms with Crippen LogP contribution in [-0.4, -0.2) is 41.9 Å². The zero-order chi connectivity index (χ0) is 16.2. The van der Waals surface area contributed by atoms with Crippen molar-refractivity contribution in [3.05, 3.63) is 24.0 Å².